The number of carboxylic acid groups (broad SMARTS) is 1. The molecule has 0 heterocycles. The largest absolute Gasteiger partial charge is 2.00 e. The molecule has 0 atom stereocenters. The van der Waals surface area contributed by atoms with Crippen LogP contribution in [0.5, 0.6) is 0 Å². The quantitative estimate of drug-likeness (QED) is 0.437. The molecule has 0 aromatic rings. The summed E-state index contributed by atoms with van der Waals surface area (Å²) in [6.45, 7) is 0.972. The van der Waals surface area contributed by atoms with Crippen LogP contribution >= 0.6 is 0 Å². The van der Waals surface area contributed by atoms with E-state index in [1.165, 1.54) is 0 Å². The Hall–Kier alpha value is 1.04. The van der Waals surface area contributed by atoms with Gasteiger partial charge < -0.3 is 9.90 Å². The van der Waals surface area contributed by atoms with Gasteiger partial charge in [-0.05, 0) is 6.92 Å². The van der Waals surface area contributed by atoms with Crippen molar-refractivity contribution >= 4 is 54.9 Å². The predicted octanol–water partition coefficient (Wildman–Crippen LogP) is -1.62. The molecule has 0 saturated carbocycles. The van der Waals surface area contributed by atoms with E-state index in [0.29, 0.717) is 0 Å². The molecule has 0 saturated heterocycles. The van der Waals surface area contributed by atoms with Gasteiger partial charge in [-0.2, -0.15) is 0 Å². The average molecular weight is 196 g/mol. The first-order valence-electron chi connectivity index (χ1n) is 0.908. The van der Waals surface area contributed by atoms with Gasteiger partial charge in [-0.1, -0.05) is 0 Å². The first-order chi connectivity index (χ1) is 1.73. The van der Waals surface area contributed by atoms with Crippen LogP contribution in [0.4, 0.5) is 0 Å². The van der Waals surface area contributed by atoms with Gasteiger partial charge in [0.25, 0.3) is 0 Å². The van der Waals surface area contributed by atoms with Crippen LogP contribution < -0.4 is 5.11 Å². The summed E-state index contributed by atoms with van der Waals surface area (Å²) in [7, 11) is 0. The molecule has 0 aromatic heterocycles. The van der Waals surface area contributed by atoms with E-state index in [2.05, 4.69) is 0 Å². The monoisotopic (exact) mass is 197 g/mol. The van der Waals surface area contributed by atoms with E-state index >= 15 is 0 Å². The molecule has 0 bridgehead atoms. The number of rotatable bonds is 0. The van der Waals surface area contributed by atoms with Gasteiger partial charge >= 0.3 is 48.9 Å². The number of carbonyl (C=O) groups is 1. The normalized spacial score (nSPS) is 5.00. The molecule has 3 heteroatoms. The van der Waals surface area contributed by atoms with Gasteiger partial charge in [-0.3, -0.25) is 0 Å². The van der Waals surface area contributed by atoms with E-state index in [9.17, 15) is 0 Å². The molecule has 0 N–H and O–H groups in total. The smallest absolute Gasteiger partial charge is 0.550 e. The number of hydrogen-bond donors (Lipinski definition) is 0. The Morgan fingerprint density at radius 3 is 1.80 bits per heavy atom. The van der Waals surface area contributed by atoms with Gasteiger partial charge in [0.05, 0.1) is 0 Å². The van der Waals surface area contributed by atoms with E-state index in [1.54, 1.807) is 0 Å². The van der Waals surface area contributed by atoms with E-state index in [0.717, 1.165) is 6.92 Å². The summed E-state index contributed by atoms with van der Waals surface area (Å²) in [5.74, 6) is -1.08. The Bertz CT molecular complexity index is 30.6. The van der Waals surface area contributed by atoms with Gasteiger partial charge in [0.2, 0.25) is 0 Å². The van der Waals surface area contributed by atoms with Crippen LogP contribution in [0.25, 0.3) is 0 Å². The predicted molar refractivity (Wildman–Crippen MR) is 16.4 cm³/mol. The van der Waals surface area contributed by atoms with Crippen molar-refractivity contribution in [1.29, 1.82) is 0 Å². The van der Waals surface area contributed by atoms with Crippen LogP contribution in [0.2, 0.25) is 0 Å². The minimum atomic E-state index is -1.08. The average Bonchev–Trinajstić information content (AvgIpc) is 0.811. The van der Waals surface area contributed by atoms with E-state index in [1.807, 2.05) is 0 Å². The summed E-state index contributed by atoms with van der Waals surface area (Å²) < 4.78 is 0. The van der Waals surface area contributed by atoms with Gasteiger partial charge in [-0.25, -0.2) is 0 Å². The third-order valence-corrected chi connectivity index (χ3v) is 0. The summed E-state index contributed by atoms with van der Waals surface area (Å²) in [5.41, 5.74) is 0. The first kappa shape index (κ1) is 9.40. The fourth-order valence-corrected chi connectivity index (χ4v) is 0. The third-order valence-electron chi connectivity index (χ3n) is 0. The second-order valence-electron chi connectivity index (χ2n) is 0.492. The minimum absolute atomic E-state index is 0. The maximum atomic E-state index is 8.89. The molecule has 0 amide bonds. The molecule has 0 fully saturated rings. The molecule has 0 aliphatic heterocycles. The number of carboxylic acids is 1. The Morgan fingerprint density at radius 2 is 1.80 bits per heavy atom. The van der Waals surface area contributed by atoms with Crippen molar-refractivity contribution in [2.24, 2.45) is 0 Å². The zero-order chi connectivity index (χ0) is 3.58. The van der Waals surface area contributed by atoms with E-state index in [4.69, 9.17) is 9.90 Å². The Morgan fingerprint density at radius 1 is 1.80 bits per heavy atom. The summed E-state index contributed by atoms with van der Waals surface area (Å²) in [6.07, 6.45) is 0. The topological polar surface area (TPSA) is 40.1 Å². The number of hydrogen-bond acceptors (Lipinski definition) is 2. The van der Waals surface area contributed by atoms with Crippen molar-refractivity contribution in [2.75, 3.05) is 0 Å². The van der Waals surface area contributed by atoms with Crippen molar-refractivity contribution in [3.05, 3.63) is 0 Å². The molecule has 0 aliphatic rings. The van der Waals surface area contributed by atoms with Crippen LogP contribution in [0.1, 0.15) is 6.92 Å². The summed E-state index contributed by atoms with van der Waals surface area (Å²) in [5, 5.41) is 8.89. The van der Waals surface area contributed by atoms with Crippen molar-refractivity contribution in [1.82, 2.24) is 0 Å². The second-order valence-corrected chi connectivity index (χ2v) is 0.492. The van der Waals surface area contributed by atoms with Crippen LogP contribution in [0.3, 0.4) is 0 Å². The van der Waals surface area contributed by atoms with Gasteiger partial charge in [0.1, 0.15) is 0 Å². The van der Waals surface area contributed by atoms with Crippen molar-refractivity contribution in [2.45, 2.75) is 6.92 Å². The van der Waals surface area contributed by atoms with Crippen molar-refractivity contribution < 1.29 is 9.90 Å². The first-order valence-corrected chi connectivity index (χ1v) is 0.908. The van der Waals surface area contributed by atoms with Crippen LogP contribution in [0.15, 0.2) is 0 Å². The fourth-order valence-electron chi connectivity index (χ4n) is 0. The molecular formula is C2H3BaO2+. The molecular weight excluding hydrogens is 193 g/mol. The maximum absolute atomic E-state index is 8.89. The van der Waals surface area contributed by atoms with E-state index in [-0.39, 0.29) is 48.9 Å². The fraction of sp³-hybridized carbons (Fsp3) is 0.500. The summed E-state index contributed by atoms with van der Waals surface area (Å²) in [4.78, 5) is 8.89. The summed E-state index contributed by atoms with van der Waals surface area (Å²) in [6, 6.07) is 0. The number of aliphatic carboxylic acids is 1. The molecule has 0 aliphatic carbocycles. The second kappa shape index (κ2) is 5.04. The molecule has 0 aromatic carbocycles. The van der Waals surface area contributed by atoms with Gasteiger partial charge in [-0.15, -0.1) is 0 Å². The molecule has 0 radical (unpaired) electrons. The number of carbonyl (C=O) groups excluding carboxylic acids is 1. The molecule has 0 spiro atoms. The van der Waals surface area contributed by atoms with Gasteiger partial charge in [0, 0.05) is 5.97 Å². The maximum Gasteiger partial charge on any atom is 2.00 e. The van der Waals surface area contributed by atoms with Crippen molar-refractivity contribution in [3.63, 3.8) is 0 Å². The molecule has 0 unspecified atom stereocenters. The summed E-state index contributed by atoms with van der Waals surface area (Å²) >= 11 is 0. The van der Waals surface area contributed by atoms with Crippen molar-refractivity contribution in [3.8, 4) is 0 Å². The van der Waals surface area contributed by atoms with Crippen LogP contribution in [-0.4, -0.2) is 54.9 Å². The standard InChI is InChI=1S/C2H4O2.Ba/c1-2(3)4;/h1H3,(H,3,4);/q;+2/p-1. The molecule has 5 heavy (non-hydrogen) atoms. The van der Waals surface area contributed by atoms with Crippen LogP contribution in [0, 0.1) is 0 Å². The zero-order valence-corrected chi connectivity index (χ0v) is 7.46. The zero-order valence-electron chi connectivity index (χ0n) is 3.02. The molecule has 24 valence electrons. The molecule has 2 nitrogen and oxygen atoms in total. The van der Waals surface area contributed by atoms with Gasteiger partial charge in [0.15, 0.2) is 0 Å². The van der Waals surface area contributed by atoms with Crippen LogP contribution in [-0.2, 0) is 4.79 Å². The minimum Gasteiger partial charge on any atom is -0.550 e. The Labute approximate surface area is 70.6 Å². The Kier molecular flexibility index (Phi) is 9.48. The molecule has 0 rings (SSSR count). The van der Waals surface area contributed by atoms with E-state index < -0.39 is 5.97 Å². The Balaban J connectivity index is 0. The third kappa shape index (κ3) is 43.0. The SMILES string of the molecule is CC(=O)[O-].[Ba+2].